The minimum atomic E-state index is -0.467. The largest absolute Gasteiger partial charge is 0.490 e. The zero-order chi connectivity index (χ0) is 22.5. The van der Waals surface area contributed by atoms with Gasteiger partial charge in [-0.05, 0) is 55.4 Å². The van der Waals surface area contributed by atoms with E-state index < -0.39 is 11.8 Å². The van der Waals surface area contributed by atoms with E-state index in [9.17, 15) is 9.59 Å². The van der Waals surface area contributed by atoms with Gasteiger partial charge in [0.1, 0.15) is 18.1 Å². The number of hydrazine groups is 1. The van der Waals surface area contributed by atoms with Gasteiger partial charge < -0.3 is 14.2 Å². The number of ether oxygens (including phenoxy) is 3. The Hall–Kier alpha value is -3.17. The fourth-order valence-electron chi connectivity index (χ4n) is 2.47. The van der Waals surface area contributed by atoms with E-state index >= 15 is 0 Å². The van der Waals surface area contributed by atoms with Crippen LogP contribution in [-0.4, -0.2) is 43.4 Å². The number of para-hydroxylation sites is 1. The number of carbonyl (C=O) groups excluding carboxylic acids is 2. The Labute approximate surface area is 187 Å². The van der Waals surface area contributed by atoms with E-state index in [1.54, 1.807) is 36.4 Å². The standard InChI is InChI=1S/C22H27N3O5S/c1-3-16-9-11-17(12-10-16)30-15-20(26)24-25-22(31)23-21(27)18-7-5-6-8-19(18)29-14-13-28-4-2/h5-12H,3-4,13-15H2,1-2H3,(H,24,26)(H2,23,25,27,31). The average Bonchev–Trinajstić information content (AvgIpc) is 2.79. The molecular weight excluding hydrogens is 418 g/mol. The van der Waals surface area contributed by atoms with E-state index in [1.165, 1.54) is 5.56 Å². The summed E-state index contributed by atoms with van der Waals surface area (Å²) in [5.74, 6) is 0.0834. The second-order valence-electron chi connectivity index (χ2n) is 6.28. The lowest BCUT2D eigenvalue weighted by molar-refractivity contribution is -0.123. The van der Waals surface area contributed by atoms with Gasteiger partial charge in [0, 0.05) is 6.61 Å². The highest BCUT2D eigenvalue weighted by Gasteiger charge is 2.14. The summed E-state index contributed by atoms with van der Waals surface area (Å²) >= 11 is 5.06. The zero-order valence-corrected chi connectivity index (χ0v) is 18.4. The molecule has 166 valence electrons. The van der Waals surface area contributed by atoms with E-state index in [4.69, 9.17) is 26.4 Å². The van der Waals surface area contributed by atoms with Gasteiger partial charge in [-0.25, -0.2) is 0 Å². The van der Waals surface area contributed by atoms with Crippen molar-refractivity contribution in [2.45, 2.75) is 20.3 Å². The van der Waals surface area contributed by atoms with E-state index in [-0.39, 0.29) is 11.7 Å². The number of hydrogen-bond acceptors (Lipinski definition) is 6. The van der Waals surface area contributed by atoms with Gasteiger partial charge in [0.2, 0.25) is 0 Å². The maximum Gasteiger partial charge on any atom is 0.276 e. The molecule has 0 saturated heterocycles. The molecule has 9 heteroatoms. The molecule has 31 heavy (non-hydrogen) atoms. The summed E-state index contributed by atoms with van der Waals surface area (Å²) in [4.78, 5) is 24.4. The van der Waals surface area contributed by atoms with Crippen molar-refractivity contribution in [3.8, 4) is 11.5 Å². The molecule has 0 saturated carbocycles. The molecule has 2 amide bonds. The lowest BCUT2D eigenvalue weighted by Gasteiger charge is -2.13. The summed E-state index contributed by atoms with van der Waals surface area (Å²) < 4.78 is 16.2. The summed E-state index contributed by atoms with van der Waals surface area (Å²) in [6, 6.07) is 14.3. The first kappa shape index (κ1) is 24.1. The molecule has 0 aliphatic rings. The number of nitrogens with one attached hydrogen (secondary N) is 3. The molecular formula is C22H27N3O5S. The van der Waals surface area contributed by atoms with Gasteiger partial charge in [-0.15, -0.1) is 0 Å². The number of benzene rings is 2. The maximum atomic E-state index is 12.5. The van der Waals surface area contributed by atoms with Crippen LogP contribution in [0.2, 0.25) is 0 Å². The third-order valence-corrected chi connectivity index (χ3v) is 4.27. The van der Waals surface area contributed by atoms with Crippen LogP contribution in [0.25, 0.3) is 0 Å². The third-order valence-electron chi connectivity index (χ3n) is 4.07. The van der Waals surface area contributed by atoms with Crippen LogP contribution in [0.1, 0.15) is 29.8 Å². The van der Waals surface area contributed by atoms with Crippen LogP contribution in [0.3, 0.4) is 0 Å². The summed E-state index contributed by atoms with van der Waals surface area (Å²) in [6.07, 6.45) is 0.928. The quantitative estimate of drug-likeness (QED) is 0.293. The van der Waals surface area contributed by atoms with Crippen molar-refractivity contribution in [1.29, 1.82) is 0 Å². The van der Waals surface area contributed by atoms with Crippen molar-refractivity contribution in [2.75, 3.05) is 26.4 Å². The molecule has 2 aromatic carbocycles. The molecule has 0 spiro atoms. The molecule has 0 aromatic heterocycles. The van der Waals surface area contributed by atoms with Gasteiger partial charge in [0.15, 0.2) is 11.7 Å². The summed E-state index contributed by atoms with van der Waals surface area (Å²) in [6.45, 7) is 5.08. The molecule has 8 nitrogen and oxygen atoms in total. The zero-order valence-electron chi connectivity index (χ0n) is 17.6. The van der Waals surface area contributed by atoms with Crippen molar-refractivity contribution < 1.29 is 23.8 Å². The van der Waals surface area contributed by atoms with Gasteiger partial charge in [-0.1, -0.05) is 31.2 Å². The van der Waals surface area contributed by atoms with Crippen molar-refractivity contribution in [3.05, 3.63) is 59.7 Å². The van der Waals surface area contributed by atoms with Gasteiger partial charge in [-0.2, -0.15) is 0 Å². The third kappa shape index (κ3) is 8.61. The molecule has 0 atom stereocenters. The fourth-order valence-corrected chi connectivity index (χ4v) is 2.61. The first-order valence-corrected chi connectivity index (χ1v) is 10.4. The molecule has 0 aliphatic carbocycles. The fraction of sp³-hybridized carbons (Fsp3) is 0.318. The summed E-state index contributed by atoms with van der Waals surface area (Å²) in [5.41, 5.74) is 6.35. The number of thiocarbonyl (C=S) groups is 1. The van der Waals surface area contributed by atoms with Crippen LogP contribution in [0, 0.1) is 0 Å². The highest BCUT2D eigenvalue weighted by molar-refractivity contribution is 7.80. The SMILES string of the molecule is CCOCCOc1ccccc1C(=O)NC(=S)NNC(=O)COc1ccc(CC)cc1. The second-order valence-corrected chi connectivity index (χ2v) is 6.69. The predicted molar refractivity (Wildman–Crippen MR) is 121 cm³/mol. The van der Waals surface area contributed by atoms with Crippen molar-refractivity contribution >= 4 is 29.1 Å². The van der Waals surface area contributed by atoms with E-state index in [0.717, 1.165) is 6.42 Å². The number of carbonyl (C=O) groups is 2. The van der Waals surface area contributed by atoms with E-state index in [2.05, 4.69) is 23.1 Å². The normalized spacial score (nSPS) is 10.1. The molecule has 0 fully saturated rings. The van der Waals surface area contributed by atoms with Gasteiger partial charge in [0.25, 0.3) is 11.8 Å². The monoisotopic (exact) mass is 445 g/mol. The molecule has 0 bridgehead atoms. The maximum absolute atomic E-state index is 12.5. The minimum Gasteiger partial charge on any atom is -0.490 e. The van der Waals surface area contributed by atoms with Crippen molar-refractivity contribution in [1.82, 2.24) is 16.2 Å². The van der Waals surface area contributed by atoms with Gasteiger partial charge in [0.05, 0.1) is 12.2 Å². The second kappa shape index (κ2) is 13.2. The Morgan fingerprint density at radius 3 is 2.39 bits per heavy atom. The molecule has 0 heterocycles. The highest BCUT2D eigenvalue weighted by atomic mass is 32.1. The lowest BCUT2D eigenvalue weighted by Crippen LogP contribution is -2.49. The van der Waals surface area contributed by atoms with E-state index in [1.807, 2.05) is 19.1 Å². The highest BCUT2D eigenvalue weighted by Crippen LogP contribution is 2.17. The number of amides is 2. The van der Waals surface area contributed by atoms with Crippen LogP contribution >= 0.6 is 12.2 Å². The van der Waals surface area contributed by atoms with Crippen LogP contribution in [0.4, 0.5) is 0 Å². The van der Waals surface area contributed by atoms with E-state index in [0.29, 0.717) is 36.9 Å². The molecule has 3 N–H and O–H groups in total. The molecule has 2 aromatic rings. The first-order valence-electron chi connectivity index (χ1n) is 9.95. The van der Waals surface area contributed by atoms with Crippen LogP contribution < -0.4 is 25.6 Å². The smallest absolute Gasteiger partial charge is 0.276 e. The Kier molecular flexibility index (Phi) is 10.3. The molecule has 0 radical (unpaired) electrons. The molecule has 0 unspecified atom stereocenters. The first-order chi connectivity index (χ1) is 15.0. The minimum absolute atomic E-state index is 0.0604. The lowest BCUT2D eigenvalue weighted by atomic mass is 10.2. The van der Waals surface area contributed by atoms with Gasteiger partial charge >= 0.3 is 0 Å². The Morgan fingerprint density at radius 2 is 1.68 bits per heavy atom. The Bertz CT molecular complexity index is 874. The van der Waals surface area contributed by atoms with Crippen molar-refractivity contribution in [3.63, 3.8) is 0 Å². The number of rotatable bonds is 10. The Balaban J connectivity index is 1.76. The number of hydrogen-bond donors (Lipinski definition) is 3. The molecule has 2 rings (SSSR count). The predicted octanol–water partition coefficient (Wildman–Crippen LogP) is 2.38. The topological polar surface area (TPSA) is 97.9 Å². The average molecular weight is 446 g/mol. The van der Waals surface area contributed by atoms with Crippen LogP contribution in [-0.2, 0) is 16.0 Å². The molecule has 0 aliphatic heterocycles. The summed E-state index contributed by atoms with van der Waals surface area (Å²) in [7, 11) is 0. The van der Waals surface area contributed by atoms with Gasteiger partial charge in [-0.3, -0.25) is 25.8 Å². The summed E-state index contributed by atoms with van der Waals surface area (Å²) in [5, 5.41) is 2.43. The number of aryl methyl sites for hydroxylation is 1. The van der Waals surface area contributed by atoms with Crippen molar-refractivity contribution in [2.24, 2.45) is 0 Å². The van der Waals surface area contributed by atoms with Crippen LogP contribution in [0.15, 0.2) is 48.5 Å². The Morgan fingerprint density at radius 1 is 0.935 bits per heavy atom. The van der Waals surface area contributed by atoms with Crippen LogP contribution in [0.5, 0.6) is 11.5 Å².